The number of hydrogen-bond donors (Lipinski definition) is 1. The van der Waals surface area contributed by atoms with Crippen molar-refractivity contribution >= 4 is 5.97 Å². The lowest BCUT2D eigenvalue weighted by molar-refractivity contribution is -0.141. The summed E-state index contributed by atoms with van der Waals surface area (Å²) in [7, 11) is 0. The fourth-order valence-corrected chi connectivity index (χ4v) is 2.86. The summed E-state index contributed by atoms with van der Waals surface area (Å²) < 4.78 is 1.76. The molecule has 106 valence electrons. The van der Waals surface area contributed by atoms with Crippen molar-refractivity contribution < 1.29 is 9.90 Å². The van der Waals surface area contributed by atoms with Crippen LogP contribution in [-0.4, -0.2) is 31.3 Å². The van der Waals surface area contributed by atoms with E-state index in [-0.39, 0.29) is 16.7 Å². The molecule has 0 aromatic carbocycles. The van der Waals surface area contributed by atoms with Crippen LogP contribution in [0.1, 0.15) is 52.8 Å². The van der Waals surface area contributed by atoms with Gasteiger partial charge in [-0.15, -0.1) is 5.10 Å². The van der Waals surface area contributed by atoms with E-state index in [9.17, 15) is 4.79 Å². The first-order valence-corrected chi connectivity index (χ1v) is 6.68. The fraction of sp³-hybridized carbons (Fsp3) is 0.846. The molecule has 6 nitrogen and oxygen atoms in total. The van der Waals surface area contributed by atoms with Gasteiger partial charge in [0.1, 0.15) is 0 Å². The molecule has 1 aromatic rings. The minimum absolute atomic E-state index is 0.178. The normalized spacial score (nSPS) is 22.2. The summed E-state index contributed by atoms with van der Waals surface area (Å²) in [5.74, 6) is 0.0571. The SMILES string of the molecule is CC(CCn1nnnc1C1C(C)(C)C1(C)C)C(=O)O. The van der Waals surface area contributed by atoms with Crippen molar-refractivity contribution in [1.29, 1.82) is 0 Å². The van der Waals surface area contributed by atoms with Crippen molar-refractivity contribution in [3.8, 4) is 0 Å². The Kier molecular flexibility index (Phi) is 3.15. The molecule has 6 heteroatoms. The molecule has 2 rings (SSSR count). The Labute approximate surface area is 113 Å². The Morgan fingerprint density at radius 2 is 1.95 bits per heavy atom. The van der Waals surface area contributed by atoms with Gasteiger partial charge < -0.3 is 5.11 Å². The highest BCUT2D eigenvalue weighted by atomic mass is 16.4. The highest BCUT2D eigenvalue weighted by Gasteiger charge is 2.67. The zero-order valence-corrected chi connectivity index (χ0v) is 12.2. The summed E-state index contributed by atoms with van der Waals surface area (Å²) in [6.07, 6.45) is 0.543. The number of hydrogen-bond acceptors (Lipinski definition) is 4. The number of aromatic nitrogens is 4. The van der Waals surface area contributed by atoms with E-state index in [0.29, 0.717) is 18.9 Å². The number of carboxylic acids is 1. The van der Waals surface area contributed by atoms with Crippen molar-refractivity contribution in [1.82, 2.24) is 20.2 Å². The predicted molar refractivity (Wildman–Crippen MR) is 69.5 cm³/mol. The first-order valence-electron chi connectivity index (χ1n) is 6.68. The molecule has 1 unspecified atom stereocenters. The zero-order chi connectivity index (χ0) is 14.4. The zero-order valence-electron chi connectivity index (χ0n) is 12.2. The van der Waals surface area contributed by atoms with Gasteiger partial charge in [-0.1, -0.05) is 34.6 Å². The molecule has 1 N–H and O–H groups in total. The predicted octanol–water partition coefficient (Wildman–Crippen LogP) is 1.93. The van der Waals surface area contributed by atoms with Crippen LogP contribution in [0.25, 0.3) is 0 Å². The van der Waals surface area contributed by atoms with Gasteiger partial charge in [0.05, 0.1) is 5.92 Å². The lowest BCUT2D eigenvalue weighted by Gasteiger charge is -2.08. The van der Waals surface area contributed by atoms with Crippen LogP contribution in [0.3, 0.4) is 0 Å². The van der Waals surface area contributed by atoms with Crippen molar-refractivity contribution in [2.75, 3.05) is 0 Å². The standard InChI is InChI=1S/C13H22N4O2/c1-8(11(18)19)6-7-17-10(14-15-16-17)9-12(2,3)13(9,4)5/h8-9H,6-7H2,1-5H3,(H,18,19). The number of aliphatic carboxylic acids is 1. The monoisotopic (exact) mass is 266 g/mol. The van der Waals surface area contributed by atoms with E-state index in [1.807, 2.05) is 0 Å². The van der Waals surface area contributed by atoms with Crippen LogP contribution in [0.15, 0.2) is 0 Å². The number of tetrazole rings is 1. The van der Waals surface area contributed by atoms with Crippen LogP contribution in [0.2, 0.25) is 0 Å². The Bertz CT molecular complexity index is 479. The lowest BCUT2D eigenvalue weighted by Crippen LogP contribution is -2.15. The van der Waals surface area contributed by atoms with Crippen LogP contribution in [0.4, 0.5) is 0 Å². The van der Waals surface area contributed by atoms with Gasteiger partial charge in [-0.05, 0) is 27.7 Å². The van der Waals surface area contributed by atoms with Gasteiger partial charge in [0.15, 0.2) is 5.82 Å². The van der Waals surface area contributed by atoms with Gasteiger partial charge in [-0.2, -0.15) is 0 Å². The average molecular weight is 266 g/mol. The maximum absolute atomic E-state index is 10.8. The Morgan fingerprint density at radius 3 is 2.42 bits per heavy atom. The maximum atomic E-state index is 10.8. The third kappa shape index (κ3) is 2.13. The minimum atomic E-state index is -0.776. The Hall–Kier alpha value is -1.46. The van der Waals surface area contributed by atoms with Crippen LogP contribution < -0.4 is 0 Å². The fourth-order valence-electron chi connectivity index (χ4n) is 2.86. The maximum Gasteiger partial charge on any atom is 0.306 e. The van der Waals surface area contributed by atoms with Crippen LogP contribution in [-0.2, 0) is 11.3 Å². The number of carbonyl (C=O) groups is 1. The molecule has 0 aliphatic heterocycles. The molecule has 1 atom stereocenters. The molecule has 19 heavy (non-hydrogen) atoms. The topological polar surface area (TPSA) is 80.9 Å². The summed E-state index contributed by atoms with van der Waals surface area (Å²) in [5.41, 5.74) is 0.357. The summed E-state index contributed by atoms with van der Waals surface area (Å²) in [5, 5.41) is 20.8. The van der Waals surface area contributed by atoms with E-state index in [1.165, 1.54) is 0 Å². The lowest BCUT2D eigenvalue weighted by atomic mass is 10.0. The Balaban J connectivity index is 2.10. The van der Waals surface area contributed by atoms with Crippen molar-refractivity contribution in [2.45, 2.75) is 53.5 Å². The van der Waals surface area contributed by atoms with Crippen LogP contribution >= 0.6 is 0 Å². The largest absolute Gasteiger partial charge is 0.481 e. The highest BCUT2D eigenvalue weighted by Crippen LogP contribution is 2.73. The quantitative estimate of drug-likeness (QED) is 0.880. The van der Waals surface area contributed by atoms with Crippen LogP contribution in [0.5, 0.6) is 0 Å². The second-order valence-electron chi connectivity index (χ2n) is 6.66. The van der Waals surface area contributed by atoms with E-state index >= 15 is 0 Å². The molecule has 0 radical (unpaired) electrons. The second kappa shape index (κ2) is 4.28. The first-order chi connectivity index (χ1) is 8.69. The third-order valence-corrected chi connectivity index (χ3v) is 5.03. The van der Waals surface area contributed by atoms with E-state index in [2.05, 4.69) is 43.2 Å². The molecule has 1 aromatic heterocycles. The molecule has 1 fully saturated rings. The molecular weight excluding hydrogens is 244 g/mol. The number of aryl methyl sites for hydroxylation is 1. The second-order valence-corrected chi connectivity index (χ2v) is 6.66. The third-order valence-electron chi connectivity index (χ3n) is 5.03. The molecule has 1 heterocycles. The van der Waals surface area contributed by atoms with Crippen molar-refractivity contribution in [3.05, 3.63) is 5.82 Å². The Morgan fingerprint density at radius 1 is 1.37 bits per heavy atom. The molecule has 1 aliphatic rings. The molecular formula is C13H22N4O2. The van der Waals surface area contributed by atoms with Gasteiger partial charge in [0.25, 0.3) is 0 Å². The van der Waals surface area contributed by atoms with Gasteiger partial charge in [-0.25, -0.2) is 4.68 Å². The van der Waals surface area contributed by atoms with Gasteiger partial charge in [0.2, 0.25) is 0 Å². The summed E-state index contributed by atoms with van der Waals surface area (Å²) in [4.78, 5) is 10.8. The molecule has 0 bridgehead atoms. The summed E-state index contributed by atoms with van der Waals surface area (Å²) >= 11 is 0. The summed E-state index contributed by atoms with van der Waals surface area (Å²) in [6.45, 7) is 11.1. The molecule has 1 aliphatic carbocycles. The molecule has 0 saturated heterocycles. The number of nitrogens with zero attached hydrogens (tertiary/aromatic N) is 4. The smallest absolute Gasteiger partial charge is 0.306 e. The number of carboxylic acid groups (broad SMARTS) is 1. The van der Waals surface area contributed by atoms with Gasteiger partial charge in [-0.3, -0.25) is 4.79 Å². The van der Waals surface area contributed by atoms with Gasteiger partial charge >= 0.3 is 5.97 Å². The summed E-state index contributed by atoms with van der Waals surface area (Å²) in [6, 6.07) is 0. The highest BCUT2D eigenvalue weighted by molar-refractivity contribution is 5.69. The van der Waals surface area contributed by atoms with E-state index < -0.39 is 5.97 Å². The van der Waals surface area contributed by atoms with Crippen molar-refractivity contribution in [2.24, 2.45) is 16.7 Å². The van der Waals surface area contributed by atoms with Crippen molar-refractivity contribution in [3.63, 3.8) is 0 Å². The van der Waals surface area contributed by atoms with E-state index in [4.69, 9.17) is 5.11 Å². The first kappa shape index (κ1) is 14.0. The van der Waals surface area contributed by atoms with Gasteiger partial charge in [0, 0.05) is 12.5 Å². The van der Waals surface area contributed by atoms with Crippen LogP contribution in [0, 0.1) is 16.7 Å². The van der Waals surface area contributed by atoms with E-state index in [1.54, 1.807) is 11.6 Å². The minimum Gasteiger partial charge on any atom is -0.481 e. The molecule has 0 spiro atoms. The number of rotatable bonds is 5. The average Bonchev–Trinajstić information content (AvgIpc) is 2.67. The molecule has 1 saturated carbocycles. The van der Waals surface area contributed by atoms with E-state index in [0.717, 1.165) is 5.82 Å². The molecule has 0 amide bonds.